The minimum atomic E-state index is -0.353. The SMILES string of the molecule is CC.CC(C)([CH]=[Mo]=[N]C12CC3CC(CC(C3)C1)C2)c1ccccc1.C[C@@H]1C(c2c(O)c(I)cc3c2CCCC3)=C2CCCCC2=C[C@@H]1I.Cc1ccc(C)[n-]1. The minimum Gasteiger partial charge on any atom is -0.665 e. The van der Waals surface area contributed by atoms with Crippen LogP contribution in [0.3, 0.4) is 0 Å². The molecule has 3 aromatic rings. The number of fused-ring (bicyclic) bond motifs is 2. The molecule has 1 aromatic heterocycles. The molecule has 6 heteroatoms. The average Bonchev–Trinajstić information content (AvgIpc) is 3.56. The second-order valence-electron chi connectivity index (χ2n) is 17.7. The number of allylic oxidation sites excluding steroid dienone is 4. The van der Waals surface area contributed by atoms with E-state index < -0.39 is 0 Å². The van der Waals surface area contributed by atoms with E-state index in [1.54, 1.807) is 11.1 Å². The van der Waals surface area contributed by atoms with Crippen molar-refractivity contribution in [3.63, 3.8) is 0 Å². The number of aromatic nitrogens is 1. The Morgan fingerprint density at radius 2 is 1.44 bits per heavy atom. The van der Waals surface area contributed by atoms with E-state index in [1.807, 2.05) is 39.8 Å². The van der Waals surface area contributed by atoms with Gasteiger partial charge in [0.25, 0.3) is 0 Å². The number of phenolic OH excluding ortho intramolecular Hbond substituents is 1. The van der Waals surface area contributed by atoms with Gasteiger partial charge in [0.1, 0.15) is 5.75 Å². The van der Waals surface area contributed by atoms with E-state index in [2.05, 4.69) is 118 Å². The van der Waals surface area contributed by atoms with Crippen LogP contribution in [0.2, 0.25) is 0 Å². The number of hydrogen-bond acceptors (Lipinski definition) is 2. The number of benzene rings is 2. The van der Waals surface area contributed by atoms with Crippen LogP contribution in [0.15, 0.2) is 69.2 Å². The Hall–Kier alpha value is -1.18. The van der Waals surface area contributed by atoms with E-state index in [9.17, 15) is 5.11 Å². The summed E-state index contributed by atoms with van der Waals surface area (Å²) in [5, 5.41) is 11.0. The van der Waals surface area contributed by atoms with E-state index in [4.69, 9.17) is 3.50 Å². The summed E-state index contributed by atoms with van der Waals surface area (Å²) in [6, 6.07) is 17.2. The van der Waals surface area contributed by atoms with Crippen molar-refractivity contribution in [1.29, 1.82) is 0 Å². The normalized spacial score (nSPS) is 27.4. The molecule has 5 saturated carbocycles. The van der Waals surface area contributed by atoms with Crippen molar-refractivity contribution in [1.82, 2.24) is 4.98 Å². The summed E-state index contributed by atoms with van der Waals surface area (Å²) in [4.78, 5) is 4.11. The molecule has 0 spiro atoms. The van der Waals surface area contributed by atoms with Gasteiger partial charge < -0.3 is 10.1 Å². The topological polar surface area (TPSA) is 46.7 Å². The summed E-state index contributed by atoms with van der Waals surface area (Å²) in [5.74, 6) is 4.08. The molecule has 1 heterocycles. The first-order chi connectivity index (χ1) is 26.4. The molecule has 10 rings (SSSR count). The van der Waals surface area contributed by atoms with Crippen molar-refractivity contribution in [2.45, 2.75) is 153 Å². The molecule has 0 unspecified atom stereocenters. The third kappa shape index (κ3) is 10.3. The van der Waals surface area contributed by atoms with Gasteiger partial charge in [-0.2, -0.15) is 11.4 Å². The smallest absolute Gasteiger partial charge is 0.136 e. The number of rotatable bonds is 4. The number of aryl methyl sites for hydroxylation is 3. The van der Waals surface area contributed by atoms with E-state index in [0.29, 0.717) is 21.1 Å². The van der Waals surface area contributed by atoms with Crippen molar-refractivity contribution >= 4 is 55.2 Å². The van der Waals surface area contributed by atoms with E-state index in [1.165, 1.54) is 111 Å². The van der Waals surface area contributed by atoms with E-state index >= 15 is 0 Å². The van der Waals surface area contributed by atoms with Crippen molar-refractivity contribution in [2.24, 2.45) is 27.2 Å². The molecule has 298 valence electrons. The van der Waals surface area contributed by atoms with Crippen LogP contribution in [-0.2, 0) is 36.2 Å². The van der Waals surface area contributed by atoms with Gasteiger partial charge in [-0.05, 0) is 114 Å². The zero-order valence-electron chi connectivity index (χ0n) is 34.6. The van der Waals surface area contributed by atoms with Gasteiger partial charge in [-0.1, -0.05) is 75.4 Å². The van der Waals surface area contributed by atoms with Gasteiger partial charge in [-0.25, -0.2) is 0 Å². The first-order valence-electron chi connectivity index (χ1n) is 21.4. The molecule has 7 aliphatic rings. The van der Waals surface area contributed by atoms with Crippen LogP contribution < -0.4 is 4.98 Å². The predicted octanol–water partition coefficient (Wildman–Crippen LogP) is 13.9. The summed E-state index contributed by atoms with van der Waals surface area (Å²) in [7, 11) is 0. The molecule has 0 saturated heterocycles. The quantitative estimate of drug-likeness (QED) is 0.161. The van der Waals surface area contributed by atoms with Crippen molar-refractivity contribution in [3.8, 4) is 5.75 Å². The molecule has 3 nitrogen and oxygen atoms in total. The van der Waals surface area contributed by atoms with Crippen LogP contribution in [0.4, 0.5) is 0 Å². The molecule has 7 aliphatic carbocycles. The molecular formula is C49H65I2MoN2O-. The Balaban J connectivity index is 0.000000154. The maximum absolute atomic E-state index is 11.0. The van der Waals surface area contributed by atoms with Crippen LogP contribution in [-0.4, -0.2) is 19.0 Å². The van der Waals surface area contributed by atoms with Gasteiger partial charge in [-0.15, -0.1) is 0 Å². The van der Waals surface area contributed by atoms with Crippen molar-refractivity contribution in [3.05, 3.63) is 103 Å². The van der Waals surface area contributed by atoms with Crippen molar-refractivity contribution < 1.29 is 23.0 Å². The summed E-state index contributed by atoms with van der Waals surface area (Å²) >= 11 is 4.57. The number of alkyl halides is 1. The Bertz CT molecular complexity index is 1860. The number of halogens is 2. The second-order valence-corrected chi connectivity index (χ2v) is 21.9. The van der Waals surface area contributed by atoms with Gasteiger partial charge in [0.05, 0.1) is 3.57 Å². The molecule has 0 aliphatic heterocycles. The van der Waals surface area contributed by atoms with Crippen LogP contribution in [0, 0.1) is 41.1 Å². The number of nitrogens with zero attached hydrogens (tertiary/aromatic N) is 2. The largest absolute Gasteiger partial charge is 0.665 e. The van der Waals surface area contributed by atoms with Crippen LogP contribution in [0.5, 0.6) is 5.75 Å². The van der Waals surface area contributed by atoms with Gasteiger partial charge in [-0.3, -0.25) is 0 Å². The van der Waals surface area contributed by atoms with Crippen LogP contribution in [0.25, 0.3) is 5.57 Å². The zero-order chi connectivity index (χ0) is 39.3. The number of hydrogen-bond donors (Lipinski definition) is 1. The fraction of sp³-hybridized carbons (Fsp3) is 0.571. The first-order valence-corrected chi connectivity index (χ1v) is 25.8. The Morgan fingerprint density at radius 1 is 0.855 bits per heavy atom. The predicted molar refractivity (Wildman–Crippen MR) is 247 cm³/mol. The maximum atomic E-state index is 11.0. The minimum absolute atomic E-state index is 0.176. The first kappa shape index (κ1) is 43.4. The maximum Gasteiger partial charge on any atom is 0.136 e. The molecule has 0 radical (unpaired) electrons. The second kappa shape index (κ2) is 19.3. The molecule has 55 heavy (non-hydrogen) atoms. The van der Waals surface area contributed by atoms with E-state index in [0.717, 1.165) is 39.1 Å². The molecule has 5 fully saturated rings. The Kier molecular flexibility index (Phi) is 15.2. The third-order valence-electron chi connectivity index (χ3n) is 13.0. The van der Waals surface area contributed by atoms with Gasteiger partial charge in [0, 0.05) is 9.49 Å². The number of aromatic hydroxyl groups is 1. The fourth-order valence-corrected chi connectivity index (χ4v) is 14.3. The monoisotopic (exact) mass is 1050 g/mol. The summed E-state index contributed by atoms with van der Waals surface area (Å²) in [6.45, 7) is 15.0. The fourth-order valence-electron chi connectivity index (χ4n) is 10.7. The Morgan fingerprint density at radius 3 is 2.04 bits per heavy atom. The molecule has 0 amide bonds. The van der Waals surface area contributed by atoms with Gasteiger partial charge >= 0.3 is 143 Å². The average molecular weight is 1050 g/mol. The molecule has 1 N–H and O–H groups in total. The van der Waals surface area contributed by atoms with Crippen LogP contribution in [0.1, 0.15) is 145 Å². The zero-order valence-corrected chi connectivity index (χ0v) is 40.9. The summed E-state index contributed by atoms with van der Waals surface area (Å²) in [6.07, 6.45) is 21.2. The molecule has 4 bridgehead atoms. The summed E-state index contributed by atoms with van der Waals surface area (Å²) < 4.78 is 9.52. The van der Waals surface area contributed by atoms with Crippen LogP contribution >= 0.6 is 45.2 Å². The number of phenols is 1. The van der Waals surface area contributed by atoms with Crippen molar-refractivity contribution in [2.75, 3.05) is 0 Å². The molecular weight excluding hydrogens is 982 g/mol. The van der Waals surface area contributed by atoms with Gasteiger partial charge in [0.15, 0.2) is 0 Å². The van der Waals surface area contributed by atoms with Gasteiger partial charge in [0.2, 0.25) is 0 Å². The standard InChI is InChI=1S/C21H24I2O.C10H15N.C10H12.C6H8N.C2H6.Mo/c1-12-17(22)10-13-6-2-4-8-15(13)19(12)20-16-9-5-3-7-14(16)11-18(23)21(20)24;11-10-4-7-1-8(5-10)3-9(2-7)6-10;1-10(2,3)9-7-5-4-6-8-9;1-5-3-4-6(2)7-5;1-2;/h10-12,17,24H,2-9H2,1H3;7-9H,1-6H2;1,4-8H,2-3H3;3-4H,1-2H3;1-2H3;/q;;;-1;;/t12-,17-;;;;;/m0...../s1. The third-order valence-corrected chi connectivity index (χ3v) is 18.2. The Labute approximate surface area is 369 Å². The van der Waals surface area contributed by atoms with E-state index in [-0.39, 0.29) is 23.3 Å². The molecule has 2 atom stereocenters. The summed E-state index contributed by atoms with van der Waals surface area (Å²) in [5.41, 5.74) is 13.0. The molecule has 2 aromatic carbocycles.